The minimum Gasteiger partial charge on any atom is -0.207 e. The third kappa shape index (κ3) is 4.10. The molecule has 1 saturated heterocycles. The van der Waals surface area contributed by atoms with Gasteiger partial charge in [0.2, 0.25) is 10.0 Å². The van der Waals surface area contributed by atoms with Gasteiger partial charge in [-0.25, -0.2) is 8.42 Å². The summed E-state index contributed by atoms with van der Waals surface area (Å²) in [5.41, 5.74) is 1.07. The summed E-state index contributed by atoms with van der Waals surface area (Å²) in [4.78, 5) is 1.61. The Labute approximate surface area is 155 Å². The molecule has 3 nitrogen and oxygen atoms in total. The summed E-state index contributed by atoms with van der Waals surface area (Å²) in [7, 11) is -3.43. The molecule has 1 heterocycles. The van der Waals surface area contributed by atoms with Crippen molar-refractivity contribution in [3.63, 3.8) is 0 Å². The van der Waals surface area contributed by atoms with Crippen LogP contribution in [0.25, 0.3) is 0 Å². The van der Waals surface area contributed by atoms with E-state index in [1.807, 2.05) is 37.3 Å². The summed E-state index contributed by atoms with van der Waals surface area (Å²) >= 11 is 1.80. The molecule has 0 bridgehead atoms. The summed E-state index contributed by atoms with van der Waals surface area (Å²) in [6.45, 7) is 4.74. The fraction of sp³-hybridized carbons (Fsp3) is 0.400. The molecular weight excluding hydrogens is 350 g/mol. The van der Waals surface area contributed by atoms with Crippen molar-refractivity contribution in [1.29, 1.82) is 0 Å². The fourth-order valence-electron chi connectivity index (χ4n) is 3.39. The molecule has 2 aromatic carbocycles. The standard InChI is InChI=1S/C20H25NO2S2/c1-3-20(24-17-8-5-4-6-9-17)19-10-7-15-21(19)25(22,23)18-13-11-16(2)12-14-18/h4-6,8-9,11-14,19-20H,3,7,10,15H2,1-2H3. The lowest BCUT2D eigenvalue weighted by Gasteiger charge is -2.30. The zero-order valence-electron chi connectivity index (χ0n) is 14.8. The van der Waals surface area contributed by atoms with Gasteiger partial charge in [-0.1, -0.05) is 42.8 Å². The molecule has 0 radical (unpaired) electrons. The highest BCUT2D eigenvalue weighted by Crippen LogP contribution is 2.36. The number of nitrogens with zero attached hydrogens (tertiary/aromatic N) is 1. The van der Waals surface area contributed by atoms with E-state index in [1.54, 1.807) is 28.2 Å². The van der Waals surface area contributed by atoms with Crippen molar-refractivity contribution < 1.29 is 8.42 Å². The van der Waals surface area contributed by atoms with Crippen molar-refractivity contribution in [2.45, 2.75) is 54.2 Å². The van der Waals surface area contributed by atoms with Gasteiger partial charge in [0, 0.05) is 22.7 Å². The summed E-state index contributed by atoms with van der Waals surface area (Å²) < 4.78 is 28.0. The van der Waals surface area contributed by atoms with Gasteiger partial charge in [-0.05, 0) is 50.5 Å². The van der Waals surface area contributed by atoms with Crippen molar-refractivity contribution in [2.75, 3.05) is 6.54 Å². The predicted molar refractivity (Wildman–Crippen MR) is 104 cm³/mol. The Morgan fingerprint density at radius 1 is 1.12 bits per heavy atom. The van der Waals surface area contributed by atoms with E-state index in [0.29, 0.717) is 11.4 Å². The van der Waals surface area contributed by atoms with Crippen LogP contribution in [0, 0.1) is 6.92 Å². The molecule has 0 spiro atoms. The van der Waals surface area contributed by atoms with Gasteiger partial charge >= 0.3 is 0 Å². The van der Waals surface area contributed by atoms with E-state index in [2.05, 4.69) is 19.1 Å². The first-order valence-corrected chi connectivity index (χ1v) is 11.1. The first kappa shape index (κ1) is 18.5. The van der Waals surface area contributed by atoms with E-state index in [4.69, 9.17) is 0 Å². The SMILES string of the molecule is CCC(Sc1ccccc1)C1CCCN1S(=O)(=O)c1ccc(C)cc1. The lowest BCUT2D eigenvalue weighted by Crippen LogP contribution is -2.41. The maximum absolute atomic E-state index is 13.1. The molecule has 0 aromatic heterocycles. The number of hydrogen-bond acceptors (Lipinski definition) is 3. The zero-order chi connectivity index (χ0) is 17.9. The number of benzene rings is 2. The van der Waals surface area contributed by atoms with E-state index >= 15 is 0 Å². The largest absolute Gasteiger partial charge is 0.243 e. The monoisotopic (exact) mass is 375 g/mol. The molecule has 25 heavy (non-hydrogen) atoms. The molecule has 2 atom stereocenters. The summed E-state index contributed by atoms with van der Waals surface area (Å²) in [6.07, 6.45) is 2.81. The number of hydrogen-bond donors (Lipinski definition) is 0. The highest BCUT2D eigenvalue weighted by atomic mass is 32.2. The highest BCUT2D eigenvalue weighted by molar-refractivity contribution is 8.00. The van der Waals surface area contributed by atoms with Crippen molar-refractivity contribution in [1.82, 2.24) is 4.31 Å². The van der Waals surface area contributed by atoms with Gasteiger partial charge in [0.25, 0.3) is 0 Å². The van der Waals surface area contributed by atoms with Crippen molar-refractivity contribution in [3.05, 3.63) is 60.2 Å². The molecule has 0 saturated carbocycles. The molecule has 5 heteroatoms. The predicted octanol–water partition coefficient (Wildman–Crippen LogP) is 4.72. The second kappa shape index (κ2) is 7.94. The number of aryl methyl sites for hydroxylation is 1. The number of thioether (sulfide) groups is 1. The Morgan fingerprint density at radius 3 is 2.44 bits per heavy atom. The Morgan fingerprint density at radius 2 is 1.80 bits per heavy atom. The van der Waals surface area contributed by atoms with Crippen molar-refractivity contribution in [3.8, 4) is 0 Å². The van der Waals surface area contributed by atoms with Crippen LogP contribution in [0.1, 0.15) is 31.7 Å². The Bertz CT molecular complexity index is 788. The van der Waals surface area contributed by atoms with Crippen LogP contribution in [0.5, 0.6) is 0 Å². The molecule has 1 aliphatic heterocycles. The maximum atomic E-state index is 13.1. The average Bonchev–Trinajstić information content (AvgIpc) is 3.11. The molecule has 0 N–H and O–H groups in total. The van der Waals surface area contributed by atoms with Gasteiger partial charge in [-0.15, -0.1) is 11.8 Å². The fourth-order valence-corrected chi connectivity index (χ4v) is 6.47. The van der Waals surface area contributed by atoms with Crippen LogP contribution in [0.4, 0.5) is 0 Å². The molecule has 0 aliphatic carbocycles. The quantitative estimate of drug-likeness (QED) is 0.686. The van der Waals surface area contributed by atoms with Gasteiger partial charge in [-0.2, -0.15) is 4.31 Å². The van der Waals surface area contributed by atoms with Crippen LogP contribution in [0.2, 0.25) is 0 Å². The smallest absolute Gasteiger partial charge is 0.207 e. The summed E-state index contributed by atoms with van der Waals surface area (Å²) in [5.74, 6) is 0. The molecule has 2 aromatic rings. The molecule has 3 rings (SSSR count). The molecule has 2 unspecified atom stereocenters. The Kier molecular flexibility index (Phi) is 5.87. The van der Waals surface area contributed by atoms with E-state index in [-0.39, 0.29) is 11.3 Å². The van der Waals surface area contributed by atoms with Crippen LogP contribution in [0.3, 0.4) is 0 Å². The Balaban J connectivity index is 1.84. The van der Waals surface area contributed by atoms with Crippen LogP contribution < -0.4 is 0 Å². The second-order valence-electron chi connectivity index (χ2n) is 6.52. The molecule has 0 amide bonds. The third-order valence-corrected chi connectivity index (χ3v) is 8.17. The minimum atomic E-state index is -3.43. The normalized spacial score (nSPS) is 19.8. The van der Waals surface area contributed by atoms with Gasteiger partial charge in [0.05, 0.1) is 4.90 Å². The van der Waals surface area contributed by atoms with Gasteiger partial charge < -0.3 is 0 Å². The van der Waals surface area contributed by atoms with Gasteiger partial charge in [-0.3, -0.25) is 0 Å². The molecular formula is C20H25NO2S2. The van der Waals surface area contributed by atoms with Crippen LogP contribution >= 0.6 is 11.8 Å². The summed E-state index contributed by atoms with van der Waals surface area (Å²) in [6, 6.07) is 17.5. The van der Waals surface area contributed by atoms with E-state index in [9.17, 15) is 8.42 Å². The van der Waals surface area contributed by atoms with Crippen LogP contribution in [-0.4, -0.2) is 30.6 Å². The molecule has 134 valence electrons. The first-order chi connectivity index (χ1) is 12.0. The van der Waals surface area contributed by atoms with Crippen molar-refractivity contribution in [2.24, 2.45) is 0 Å². The van der Waals surface area contributed by atoms with Crippen LogP contribution in [-0.2, 0) is 10.0 Å². The molecule has 1 aliphatic rings. The Hall–Kier alpha value is -1.30. The topological polar surface area (TPSA) is 37.4 Å². The van der Waals surface area contributed by atoms with Crippen molar-refractivity contribution >= 4 is 21.8 Å². The highest BCUT2D eigenvalue weighted by Gasteiger charge is 2.39. The van der Waals surface area contributed by atoms with E-state index in [1.165, 1.54) is 4.90 Å². The zero-order valence-corrected chi connectivity index (χ0v) is 16.4. The van der Waals surface area contributed by atoms with E-state index < -0.39 is 10.0 Å². The third-order valence-electron chi connectivity index (χ3n) is 4.74. The lowest BCUT2D eigenvalue weighted by atomic mass is 10.1. The minimum absolute atomic E-state index is 0.0570. The lowest BCUT2D eigenvalue weighted by molar-refractivity contribution is 0.375. The molecule has 1 fully saturated rings. The first-order valence-electron chi connectivity index (χ1n) is 8.82. The summed E-state index contributed by atoms with van der Waals surface area (Å²) in [5, 5.41) is 0.269. The maximum Gasteiger partial charge on any atom is 0.243 e. The second-order valence-corrected chi connectivity index (χ2v) is 9.72. The average molecular weight is 376 g/mol. The van der Waals surface area contributed by atoms with Gasteiger partial charge in [0.15, 0.2) is 0 Å². The van der Waals surface area contributed by atoms with E-state index in [0.717, 1.165) is 24.8 Å². The number of rotatable bonds is 6. The van der Waals surface area contributed by atoms with Gasteiger partial charge in [0.1, 0.15) is 0 Å². The van der Waals surface area contributed by atoms with Crippen LogP contribution in [0.15, 0.2) is 64.4 Å². The number of sulfonamides is 1.